The highest BCUT2D eigenvalue weighted by Crippen LogP contribution is 2.09. The zero-order chi connectivity index (χ0) is 9.14. The van der Waals surface area contributed by atoms with Crippen LogP contribution in [-0.2, 0) is 4.74 Å². The molecule has 0 bridgehead atoms. The Balaban J connectivity index is 3.05. The number of benzene rings is 1. The molecule has 0 saturated heterocycles. The van der Waals surface area contributed by atoms with Gasteiger partial charge >= 0.3 is 0 Å². The van der Waals surface area contributed by atoms with Crippen molar-refractivity contribution < 1.29 is 13.5 Å². The quantitative estimate of drug-likeness (QED) is 0.625. The van der Waals surface area contributed by atoms with Gasteiger partial charge in [0.05, 0.1) is 7.11 Å². The molecule has 4 heteroatoms. The molecule has 64 valence electrons. The van der Waals surface area contributed by atoms with E-state index >= 15 is 0 Å². The maximum absolute atomic E-state index is 12.6. The number of thiocarbonyl (C=S) groups is 1. The fourth-order valence-corrected chi connectivity index (χ4v) is 0.868. The van der Waals surface area contributed by atoms with Crippen LogP contribution in [0.2, 0.25) is 0 Å². The lowest BCUT2D eigenvalue weighted by molar-refractivity contribution is 0.415. The van der Waals surface area contributed by atoms with Gasteiger partial charge in [0.1, 0.15) is 0 Å². The molecule has 0 fully saturated rings. The van der Waals surface area contributed by atoms with Gasteiger partial charge in [0.15, 0.2) is 16.7 Å². The molecule has 1 nitrogen and oxygen atoms in total. The molecule has 1 aromatic rings. The van der Waals surface area contributed by atoms with Crippen LogP contribution in [0, 0.1) is 11.6 Å². The van der Waals surface area contributed by atoms with Crippen molar-refractivity contribution in [3.63, 3.8) is 0 Å². The van der Waals surface area contributed by atoms with Crippen LogP contribution in [0.1, 0.15) is 5.56 Å². The van der Waals surface area contributed by atoms with Crippen LogP contribution in [0.25, 0.3) is 0 Å². The second kappa shape index (κ2) is 3.58. The third kappa shape index (κ3) is 1.76. The maximum Gasteiger partial charge on any atom is 0.190 e. The van der Waals surface area contributed by atoms with Gasteiger partial charge < -0.3 is 4.74 Å². The fraction of sp³-hybridized carbons (Fsp3) is 0.125. The highest BCUT2D eigenvalue weighted by molar-refractivity contribution is 7.80. The number of halogens is 2. The largest absolute Gasteiger partial charge is 0.486 e. The van der Waals surface area contributed by atoms with Crippen LogP contribution in [0.4, 0.5) is 8.78 Å². The first-order valence-electron chi connectivity index (χ1n) is 3.18. The molecule has 0 saturated carbocycles. The van der Waals surface area contributed by atoms with Crippen molar-refractivity contribution in [2.24, 2.45) is 0 Å². The molecule has 0 spiro atoms. The molecule has 0 atom stereocenters. The van der Waals surface area contributed by atoms with E-state index in [1.807, 2.05) is 0 Å². The Morgan fingerprint density at radius 3 is 2.50 bits per heavy atom. The Morgan fingerprint density at radius 2 is 2.00 bits per heavy atom. The van der Waals surface area contributed by atoms with Gasteiger partial charge in [-0.25, -0.2) is 8.78 Å². The molecular weight excluding hydrogens is 182 g/mol. The van der Waals surface area contributed by atoms with E-state index in [2.05, 4.69) is 4.74 Å². The van der Waals surface area contributed by atoms with Crippen molar-refractivity contribution in [1.29, 1.82) is 0 Å². The summed E-state index contributed by atoms with van der Waals surface area (Å²) in [6, 6.07) is 3.38. The van der Waals surface area contributed by atoms with Crippen LogP contribution in [-0.4, -0.2) is 12.2 Å². The number of hydrogen-bond donors (Lipinski definition) is 0. The van der Waals surface area contributed by atoms with E-state index in [9.17, 15) is 8.78 Å². The van der Waals surface area contributed by atoms with Gasteiger partial charge in [0.2, 0.25) is 0 Å². The summed E-state index contributed by atoms with van der Waals surface area (Å²) in [7, 11) is 1.38. The van der Waals surface area contributed by atoms with Crippen LogP contribution in [0.15, 0.2) is 18.2 Å². The lowest BCUT2D eigenvalue weighted by Crippen LogP contribution is -2.00. The Morgan fingerprint density at radius 1 is 1.33 bits per heavy atom. The standard InChI is InChI=1S/C8H6F2OS/c1-11-8(12)5-2-3-6(9)7(10)4-5/h2-4H,1H3. The van der Waals surface area contributed by atoms with E-state index in [0.29, 0.717) is 5.56 Å². The lowest BCUT2D eigenvalue weighted by atomic mass is 10.2. The van der Waals surface area contributed by atoms with Gasteiger partial charge in [-0.2, -0.15) is 0 Å². The summed E-state index contributed by atoms with van der Waals surface area (Å²) in [6.07, 6.45) is 0. The zero-order valence-corrected chi connectivity index (χ0v) is 7.12. The average molecular weight is 188 g/mol. The second-order valence-electron chi connectivity index (χ2n) is 2.12. The van der Waals surface area contributed by atoms with E-state index in [1.165, 1.54) is 13.2 Å². The van der Waals surface area contributed by atoms with E-state index in [1.54, 1.807) is 0 Å². The smallest absolute Gasteiger partial charge is 0.190 e. The Hall–Kier alpha value is -1.03. The molecule has 0 aliphatic carbocycles. The number of methoxy groups -OCH3 is 1. The zero-order valence-electron chi connectivity index (χ0n) is 6.30. The molecule has 0 heterocycles. The van der Waals surface area contributed by atoms with E-state index in [-0.39, 0.29) is 5.05 Å². The number of rotatable bonds is 1. The minimum absolute atomic E-state index is 0.147. The summed E-state index contributed by atoms with van der Waals surface area (Å²) in [4.78, 5) is 0. The minimum Gasteiger partial charge on any atom is -0.486 e. The first kappa shape index (κ1) is 9.06. The Bertz CT molecular complexity index is 312. The maximum atomic E-state index is 12.6. The minimum atomic E-state index is -0.924. The molecule has 0 N–H and O–H groups in total. The summed E-state index contributed by atoms with van der Waals surface area (Å²) in [5, 5.41) is 0.147. The highest BCUT2D eigenvalue weighted by atomic mass is 32.1. The van der Waals surface area contributed by atoms with Crippen LogP contribution in [0.5, 0.6) is 0 Å². The summed E-state index contributed by atoms with van der Waals surface area (Å²) >= 11 is 4.71. The summed E-state index contributed by atoms with van der Waals surface area (Å²) < 4.78 is 29.7. The number of hydrogen-bond acceptors (Lipinski definition) is 2. The predicted molar refractivity (Wildman–Crippen MR) is 45.1 cm³/mol. The van der Waals surface area contributed by atoms with Crippen molar-refractivity contribution in [2.75, 3.05) is 7.11 Å². The first-order valence-corrected chi connectivity index (χ1v) is 3.59. The van der Waals surface area contributed by atoms with Crippen molar-refractivity contribution in [1.82, 2.24) is 0 Å². The fourth-order valence-electron chi connectivity index (χ4n) is 0.741. The molecular formula is C8H6F2OS. The van der Waals surface area contributed by atoms with Crippen molar-refractivity contribution in [3.05, 3.63) is 35.4 Å². The summed E-state index contributed by atoms with van der Waals surface area (Å²) in [5.74, 6) is -1.82. The van der Waals surface area contributed by atoms with E-state index in [0.717, 1.165) is 12.1 Å². The normalized spacial score (nSPS) is 9.58. The van der Waals surface area contributed by atoms with Crippen LogP contribution < -0.4 is 0 Å². The highest BCUT2D eigenvalue weighted by Gasteiger charge is 2.05. The SMILES string of the molecule is COC(=S)c1ccc(F)c(F)c1. The molecule has 0 radical (unpaired) electrons. The third-order valence-corrected chi connectivity index (χ3v) is 1.74. The van der Waals surface area contributed by atoms with Crippen molar-refractivity contribution in [2.45, 2.75) is 0 Å². The van der Waals surface area contributed by atoms with Gasteiger partial charge in [-0.3, -0.25) is 0 Å². The summed E-state index contributed by atoms with van der Waals surface area (Å²) in [6.45, 7) is 0. The Kier molecular flexibility index (Phi) is 2.70. The molecule has 0 aliphatic heterocycles. The predicted octanol–water partition coefficient (Wildman–Crippen LogP) is 2.29. The molecule has 1 aromatic carbocycles. The van der Waals surface area contributed by atoms with E-state index in [4.69, 9.17) is 12.2 Å². The average Bonchev–Trinajstić information content (AvgIpc) is 2.08. The van der Waals surface area contributed by atoms with Crippen molar-refractivity contribution in [3.8, 4) is 0 Å². The molecule has 1 rings (SSSR count). The van der Waals surface area contributed by atoms with Gasteiger partial charge in [-0.1, -0.05) is 0 Å². The van der Waals surface area contributed by atoms with Gasteiger partial charge in [-0.05, 0) is 30.4 Å². The lowest BCUT2D eigenvalue weighted by Gasteiger charge is -2.01. The topological polar surface area (TPSA) is 9.23 Å². The van der Waals surface area contributed by atoms with Crippen molar-refractivity contribution >= 4 is 17.3 Å². The molecule has 0 unspecified atom stereocenters. The number of ether oxygens (including phenoxy) is 1. The van der Waals surface area contributed by atoms with Gasteiger partial charge in [-0.15, -0.1) is 0 Å². The van der Waals surface area contributed by atoms with E-state index < -0.39 is 11.6 Å². The van der Waals surface area contributed by atoms with Gasteiger partial charge in [0, 0.05) is 5.56 Å². The third-order valence-electron chi connectivity index (χ3n) is 1.34. The van der Waals surface area contributed by atoms with Crippen LogP contribution >= 0.6 is 12.2 Å². The second-order valence-corrected chi connectivity index (χ2v) is 2.49. The molecule has 0 aliphatic rings. The molecule has 0 aromatic heterocycles. The Labute approximate surface area is 74.0 Å². The summed E-state index contributed by atoms with van der Waals surface area (Å²) in [5.41, 5.74) is 0.367. The monoisotopic (exact) mass is 188 g/mol. The molecule has 0 amide bonds. The first-order chi connectivity index (χ1) is 5.65. The molecule has 12 heavy (non-hydrogen) atoms. The van der Waals surface area contributed by atoms with Gasteiger partial charge in [0.25, 0.3) is 0 Å². The van der Waals surface area contributed by atoms with Crippen LogP contribution in [0.3, 0.4) is 0 Å².